The minimum Gasteiger partial charge on any atom is -0.459 e. The van der Waals surface area contributed by atoms with Crippen molar-refractivity contribution < 1.29 is 14.3 Å². The van der Waals surface area contributed by atoms with E-state index in [9.17, 15) is 9.59 Å². The van der Waals surface area contributed by atoms with Gasteiger partial charge in [0.25, 0.3) is 0 Å². The summed E-state index contributed by atoms with van der Waals surface area (Å²) >= 11 is 0. The Kier molecular flexibility index (Phi) is 7.75. The van der Waals surface area contributed by atoms with E-state index in [2.05, 4.69) is 5.32 Å². The van der Waals surface area contributed by atoms with Gasteiger partial charge < -0.3 is 15.8 Å². The van der Waals surface area contributed by atoms with Crippen LogP contribution in [0.3, 0.4) is 0 Å². The topological polar surface area (TPSA) is 81.4 Å². The van der Waals surface area contributed by atoms with Crippen LogP contribution in [0.1, 0.15) is 39.7 Å². The molecule has 0 radical (unpaired) electrons. The third-order valence-electron chi connectivity index (χ3n) is 4.00. The van der Waals surface area contributed by atoms with E-state index in [0.717, 1.165) is 12.0 Å². The highest BCUT2D eigenvalue weighted by Crippen LogP contribution is 2.10. The van der Waals surface area contributed by atoms with Crippen LogP contribution in [0.2, 0.25) is 0 Å². The summed E-state index contributed by atoms with van der Waals surface area (Å²) in [7, 11) is 0. The zero-order valence-electron chi connectivity index (χ0n) is 14.4. The van der Waals surface area contributed by atoms with Crippen LogP contribution in [0.25, 0.3) is 0 Å². The van der Waals surface area contributed by atoms with Crippen molar-refractivity contribution in [1.29, 1.82) is 0 Å². The Morgan fingerprint density at radius 3 is 2.30 bits per heavy atom. The Hall–Kier alpha value is -1.88. The van der Waals surface area contributed by atoms with Crippen molar-refractivity contribution in [1.82, 2.24) is 5.32 Å². The highest BCUT2D eigenvalue weighted by molar-refractivity contribution is 5.87. The van der Waals surface area contributed by atoms with Crippen molar-refractivity contribution in [2.24, 2.45) is 17.6 Å². The van der Waals surface area contributed by atoms with Gasteiger partial charge in [0.2, 0.25) is 5.91 Å². The molecule has 0 bridgehead atoms. The van der Waals surface area contributed by atoms with E-state index in [1.807, 2.05) is 58.0 Å². The molecule has 23 heavy (non-hydrogen) atoms. The van der Waals surface area contributed by atoms with E-state index >= 15 is 0 Å². The SMILES string of the molecule is CCC(C)C(N)C(=O)NC(C(=O)OCc1ccccc1)C(C)C. The van der Waals surface area contributed by atoms with Crippen LogP contribution in [-0.2, 0) is 20.9 Å². The maximum absolute atomic E-state index is 12.3. The average Bonchev–Trinajstić information content (AvgIpc) is 2.56. The van der Waals surface area contributed by atoms with Crippen LogP contribution in [0.5, 0.6) is 0 Å². The van der Waals surface area contributed by atoms with Crippen LogP contribution in [0.4, 0.5) is 0 Å². The average molecular weight is 320 g/mol. The number of ether oxygens (including phenoxy) is 1. The van der Waals surface area contributed by atoms with Crippen LogP contribution in [0.15, 0.2) is 30.3 Å². The first-order valence-electron chi connectivity index (χ1n) is 8.13. The fraction of sp³-hybridized carbons (Fsp3) is 0.556. The number of hydrogen-bond donors (Lipinski definition) is 2. The van der Waals surface area contributed by atoms with Gasteiger partial charge in [-0.15, -0.1) is 0 Å². The molecule has 0 aliphatic heterocycles. The van der Waals surface area contributed by atoms with E-state index in [1.165, 1.54) is 0 Å². The lowest BCUT2D eigenvalue weighted by Gasteiger charge is -2.24. The van der Waals surface area contributed by atoms with Gasteiger partial charge in [-0.25, -0.2) is 4.79 Å². The summed E-state index contributed by atoms with van der Waals surface area (Å²) in [6.45, 7) is 7.82. The molecule has 128 valence electrons. The third kappa shape index (κ3) is 6.02. The van der Waals surface area contributed by atoms with Gasteiger partial charge in [0.1, 0.15) is 12.6 Å². The summed E-state index contributed by atoms with van der Waals surface area (Å²) in [5.74, 6) is -0.766. The zero-order chi connectivity index (χ0) is 17.4. The van der Waals surface area contributed by atoms with Gasteiger partial charge >= 0.3 is 5.97 Å². The standard InChI is InChI=1S/C18H28N2O3/c1-5-13(4)15(19)17(21)20-16(12(2)3)18(22)23-11-14-9-7-6-8-10-14/h6-10,12-13,15-16H,5,11,19H2,1-4H3,(H,20,21). The van der Waals surface area contributed by atoms with Crippen LogP contribution in [0, 0.1) is 11.8 Å². The number of carbonyl (C=O) groups excluding carboxylic acids is 2. The molecule has 0 fully saturated rings. The second-order valence-corrected chi connectivity index (χ2v) is 6.23. The first-order valence-corrected chi connectivity index (χ1v) is 8.13. The van der Waals surface area contributed by atoms with Crippen molar-refractivity contribution in [3.63, 3.8) is 0 Å². The second kappa shape index (κ2) is 9.30. The van der Waals surface area contributed by atoms with Gasteiger partial charge in [-0.2, -0.15) is 0 Å². The normalized spacial score (nSPS) is 14.9. The predicted octanol–water partition coefficient (Wildman–Crippen LogP) is 2.24. The molecule has 1 aromatic rings. The van der Waals surface area contributed by atoms with Crippen molar-refractivity contribution in [2.75, 3.05) is 0 Å². The molecule has 0 saturated heterocycles. The lowest BCUT2D eigenvalue weighted by molar-refractivity contribution is -0.150. The highest BCUT2D eigenvalue weighted by atomic mass is 16.5. The Labute approximate surface area is 138 Å². The fourth-order valence-electron chi connectivity index (χ4n) is 2.08. The molecule has 1 rings (SSSR count). The number of rotatable bonds is 8. The fourth-order valence-corrected chi connectivity index (χ4v) is 2.08. The molecule has 5 heteroatoms. The first kappa shape index (κ1) is 19.2. The van der Waals surface area contributed by atoms with Crippen molar-refractivity contribution in [3.05, 3.63) is 35.9 Å². The quantitative estimate of drug-likeness (QED) is 0.720. The number of nitrogens with two attached hydrogens (primary N) is 1. The van der Waals surface area contributed by atoms with Crippen molar-refractivity contribution in [3.8, 4) is 0 Å². The van der Waals surface area contributed by atoms with E-state index in [1.54, 1.807) is 0 Å². The Morgan fingerprint density at radius 2 is 1.78 bits per heavy atom. The summed E-state index contributed by atoms with van der Waals surface area (Å²) in [5.41, 5.74) is 6.83. The molecule has 3 unspecified atom stereocenters. The minimum absolute atomic E-state index is 0.0585. The van der Waals surface area contributed by atoms with Gasteiger partial charge in [0, 0.05) is 0 Å². The number of esters is 1. The predicted molar refractivity (Wildman–Crippen MR) is 90.4 cm³/mol. The van der Waals surface area contributed by atoms with Gasteiger partial charge in [-0.3, -0.25) is 4.79 Å². The molecule has 3 atom stereocenters. The van der Waals surface area contributed by atoms with E-state index in [4.69, 9.17) is 10.5 Å². The van der Waals surface area contributed by atoms with Crippen LogP contribution < -0.4 is 11.1 Å². The van der Waals surface area contributed by atoms with E-state index < -0.39 is 18.1 Å². The monoisotopic (exact) mass is 320 g/mol. The summed E-state index contributed by atoms with van der Waals surface area (Å²) in [6, 6.07) is 8.12. The third-order valence-corrected chi connectivity index (χ3v) is 4.00. The van der Waals surface area contributed by atoms with E-state index in [0.29, 0.717) is 0 Å². The maximum atomic E-state index is 12.3. The summed E-state index contributed by atoms with van der Waals surface area (Å²) in [6.07, 6.45) is 0.805. The maximum Gasteiger partial charge on any atom is 0.329 e. The molecule has 0 saturated carbocycles. The largest absolute Gasteiger partial charge is 0.459 e. The molecule has 0 aromatic heterocycles. The number of hydrogen-bond acceptors (Lipinski definition) is 4. The lowest BCUT2D eigenvalue weighted by Crippen LogP contribution is -2.52. The number of carbonyl (C=O) groups is 2. The smallest absolute Gasteiger partial charge is 0.329 e. The molecule has 3 N–H and O–H groups in total. The van der Waals surface area contributed by atoms with Crippen molar-refractivity contribution in [2.45, 2.75) is 52.8 Å². The van der Waals surface area contributed by atoms with Gasteiger partial charge in [-0.05, 0) is 17.4 Å². The van der Waals surface area contributed by atoms with Gasteiger partial charge in [0.05, 0.1) is 6.04 Å². The zero-order valence-corrected chi connectivity index (χ0v) is 14.4. The lowest BCUT2D eigenvalue weighted by atomic mass is 9.98. The molecule has 0 aliphatic rings. The summed E-state index contributed by atoms with van der Waals surface area (Å²) in [5, 5.41) is 2.73. The Balaban J connectivity index is 2.63. The molecular formula is C18H28N2O3. The summed E-state index contributed by atoms with van der Waals surface area (Å²) < 4.78 is 5.32. The molecular weight excluding hydrogens is 292 g/mol. The molecule has 0 heterocycles. The van der Waals surface area contributed by atoms with Gasteiger partial charge in [0.15, 0.2) is 0 Å². The number of benzene rings is 1. The van der Waals surface area contributed by atoms with Crippen molar-refractivity contribution >= 4 is 11.9 Å². The highest BCUT2D eigenvalue weighted by Gasteiger charge is 2.29. The van der Waals surface area contributed by atoms with Crippen LogP contribution in [-0.4, -0.2) is 24.0 Å². The Bertz CT molecular complexity index is 502. The first-order chi connectivity index (χ1) is 10.9. The minimum atomic E-state index is -0.693. The number of nitrogens with one attached hydrogen (secondary N) is 1. The van der Waals surface area contributed by atoms with Crippen LogP contribution >= 0.6 is 0 Å². The Morgan fingerprint density at radius 1 is 1.17 bits per heavy atom. The molecule has 5 nitrogen and oxygen atoms in total. The molecule has 0 spiro atoms. The number of amides is 1. The second-order valence-electron chi connectivity index (χ2n) is 6.23. The van der Waals surface area contributed by atoms with E-state index in [-0.39, 0.29) is 24.3 Å². The summed E-state index contributed by atoms with van der Waals surface area (Å²) in [4.78, 5) is 24.5. The molecule has 0 aliphatic carbocycles. The molecule has 1 aromatic carbocycles. The molecule has 1 amide bonds. The van der Waals surface area contributed by atoms with Gasteiger partial charge in [-0.1, -0.05) is 64.4 Å².